The van der Waals surface area contributed by atoms with E-state index in [1.54, 1.807) is 0 Å². The highest BCUT2D eigenvalue weighted by Gasteiger charge is 2.43. The van der Waals surface area contributed by atoms with Gasteiger partial charge in [0, 0.05) is 0 Å². The van der Waals surface area contributed by atoms with Gasteiger partial charge in [-0.2, -0.15) is 0 Å². The summed E-state index contributed by atoms with van der Waals surface area (Å²) >= 11 is 0. The van der Waals surface area contributed by atoms with Gasteiger partial charge in [0.25, 0.3) is 0 Å². The molecule has 0 spiro atoms. The van der Waals surface area contributed by atoms with Crippen molar-refractivity contribution in [3.63, 3.8) is 0 Å². The number of aliphatic hydroxyl groups excluding tert-OH is 1. The van der Waals surface area contributed by atoms with Crippen molar-refractivity contribution < 1.29 is 15.0 Å². The van der Waals surface area contributed by atoms with E-state index in [4.69, 9.17) is 5.11 Å². The summed E-state index contributed by atoms with van der Waals surface area (Å²) in [7, 11) is 0. The number of carbonyl (C=O) groups is 1. The van der Waals surface area contributed by atoms with Gasteiger partial charge in [0.1, 0.15) is 0 Å². The first-order valence-corrected chi connectivity index (χ1v) is 8.39. The molecule has 3 heteroatoms. The summed E-state index contributed by atoms with van der Waals surface area (Å²) in [5, 5.41) is 18.9. The second-order valence-electron chi connectivity index (χ2n) is 7.36. The Bertz CT molecular complexity index is 329. The van der Waals surface area contributed by atoms with Crippen LogP contribution in [0, 0.1) is 10.8 Å². The fourth-order valence-corrected chi connectivity index (χ4v) is 3.54. The highest BCUT2D eigenvalue weighted by Crippen LogP contribution is 2.53. The second kappa shape index (κ2) is 6.46. The van der Waals surface area contributed by atoms with Crippen LogP contribution in [-0.2, 0) is 4.79 Å². The lowest BCUT2D eigenvalue weighted by atomic mass is 9.92. The molecular weight excluding hydrogens is 252 g/mol. The van der Waals surface area contributed by atoms with Crippen molar-refractivity contribution in [2.75, 3.05) is 0 Å². The predicted molar refractivity (Wildman–Crippen MR) is 79.6 cm³/mol. The Morgan fingerprint density at radius 1 is 1.05 bits per heavy atom. The van der Waals surface area contributed by atoms with E-state index in [1.165, 1.54) is 25.7 Å². The van der Waals surface area contributed by atoms with Crippen LogP contribution in [0.15, 0.2) is 0 Å². The minimum absolute atomic E-state index is 0.0891. The molecule has 20 heavy (non-hydrogen) atoms. The van der Waals surface area contributed by atoms with E-state index in [-0.39, 0.29) is 11.5 Å². The Balaban J connectivity index is 1.52. The molecule has 0 aromatic heterocycles. The molecule has 0 aromatic rings. The summed E-state index contributed by atoms with van der Waals surface area (Å²) in [6.07, 6.45) is 12.5. The lowest BCUT2D eigenvalue weighted by Gasteiger charge is -2.16. The largest absolute Gasteiger partial charge is 0.481 e. The standard InChI is InChI=1S/C17H30O3/c1-2-16(9-10-16)7-3-5-14(18)6-4-8-17(11-12-17)13-15(19)20/h14,18H,2-13H2,1H3,(H,19,20). The number of hydrogen-bond acceptors (Lipinski definition) is 2. The average Bonchev–Trinajstić information content (AvgIpc) is 3.27. The van der Waals surface area contributed by atoms with Crippen LogP contribution in [0.3, 0.4) is 0 Å². The average molecular weight is 282 g/mol. The maximum atomic E-state index is 10.8. The van der Waals surface area contributed by atoms with Crippen LogP contribution in [0.5, 0.6) is 0 Å². The molecule has 116 valence electrons. The van der Waals surface area contributed by atoms with Crippen molar-refractivity contribution in [3.05, 3.63) is 0 Å². The van der Waals surface area contributed by atoms with E-state index in [0.717, 1.165) is 44.9 Å². The summed E-state index contributed by atoms with van der Waals surface area (Å²) in [6, 6.07) is 0. The van der Waals surface area contributed by atoms with E-state index in [1.807, 2.05) is 0 Å². The monoisotopic (exact) mass is 282 g/mol. The molecule has 0 aromatic carbocycles. The normalized spacial score (nSPS) is 23.3. The quantitative estimate of drug-likeness (QED) is 0.599. The summed E-state index contributed by atoms with van der Waals surface area (Å²) in [4.78, 5) is 10.8. The van der Waals surface area contributed by atoms with Crippen molar-refractivity contribution in [1.82, 2.24) is 0 Å². The molecule has 0 aliphatic heterocycles. The molecule has 0 bridgehead atoms. The molecule has 2 aliphatic rings. The molecule has 0 heterocycles. The zero-order chi connectivity index (χ0) is 14.6. The minimum atomic E-state index is -0.669. The molecule has 2 N–H and O–H groups in total. The van der Waals surface area contributed by atoms with Crippen LogP contribution in [0.4, 0.5) is 0 Å². The first kappa shape index (κ1) is 15.8. The lowest BCUT2D eigenvalue weighted by Crippen LogP contribution is -2.11. The third-order valence-electron chi connectivity index (χ3n) is 5.68. The number of carboxylic acids is 1. The Morgan fingerprint density at radius 3 is 1.95 bits per heavy atom. The summed E-state index contributed by atoms with van der Waals surface area (Å²) in [5.74, 6) is -0.669. The Hall–Kier alpha value is -0.570. The summed E-state index contributed by atoms with van der Waals surface area (Å²) < 4.78 is 0. The van der Waals surface area contributed by atoms with Gasteiger partial charge < -0.3 is 10.2 Å². The molecule has 3 nitrogen and oxygen atoms in total. The second-order valence-corrected chi connectivity index (χ2v) is 7.36. The third kappa shape index (κ3) is 4.76. The van der Waals surface area contributed by atoms with Crippen LogP contribution in [0.1, 0.15) is 84.0 Å². The van der Waals surface area contributed by atoms with Crippen LogP contribution in [0.25, 0.3) is 0 Å². The van der Waals surface area contributed by atoms with Crippen molar-refractivity contribution >= 4 is 5.97 Å². The van der Waals surface area contributed by atoms with Crippen LogP contribution in [0.2, 0.25) is 0 Å². The zero-order valence-corrected chi connectivity index (χ0v) is 12.9. The Kier molecular flexibility index (Phi) is 5.11. The molecule has 0 radical (unpaired) electrons. The van der Waals surface area contributed by atoms with Crippen LogP contribution >= 0.6 is 0 Å². The SMILES string of the molecule is CCC1(CCCC(O)CCCC2(CC(=O)O)CC2)CC1. The van der Waals surface area contributed by atoms with Gasteiger partial charge in [0.2, 0.25) is 0 Å². The molecule has 2 aliphatic carbocycles. The van der Waals surface area contributed by atoms with Crippen molar-refractivity contribution in [1.29, 1.82) is 0 Å². The molecular formula is C17H30O3. The number of aliphatic carboxylic acids is 1. The summed E-state index contributed by atoms with van der Waals surface area (Å²) in [5.41, 5.74) is 0.727. The molecule has 1 unspecified atom stereocenters. The Morgan fingerprint density at radius 2 is 1.55 bits per heavy atom. The first-order chi connectivity index (χ1) is 9.49. The van der Waals surface area contributed by atoms with E-state index < -0.39 is 5.97 Å². The first-order valence-electron chi connectivity index (χ1n) is 8.39. The molecule has 0 amide bonds. The maximum absolute atomic E-state index is 10.8. The Labute approximate surface area is 122 Å². The number of aliphatic hydroxyl groups is 1. The van der Waals surface area contributed by atoms with Gasteiger partial charge in [0.05, 0.1) is 12.5 Å². The van der Waals surface area contributed by atoms with Crippen LogP contribution < -0.4 is 0 Å². The lowest BCUT2D eigenvalue weighted by molar-refractivity contribution is -0.138. The number of rotatable bonds is 11. The number of carboxylic acid groups (broad SMARTS) is 1. The van der Waals surface area contributed by atoms with Gasteiger partial charge in [-0.05, 0) is 62.2 Å². The van der Waals surface area contributed by atoms with E-state index in [0.29, 0.717) is 11.8 Å². The van der Waals surface area contributed by atoms with Gasteiger partial charge in [-0.1, -0.05) is 26.2 Å². The minimum Gasteiger partial charge on any atom is -0.481 e. The van der Waals surface area contributed by atoms with Gasteiger partial charge in [-0.3, -0.25) is 4.79 Å². The molecule has 2 saturated carbocycles. The van der Waals surface area contributed by atoms with Crippen molar-refractivity contribution in [3.8, 4) is 0 Å². The van der Waals surface area contributed by atoms with Crippen molar-refractivity contribution in [2.24, 2.45) is 10.8 Å². The molecule has 0 saturated heterocycles. The molecule has 2 fully saturated rings. The molecule has 2 rings (SSSR count). The summed E-state index contributed by atoms with van der Waals surface area (Å²) in [6.45, 7) is 2.28. The van der Waals surface area contributed by atoms with Crippen LogP contribution in [-0.4, -0.2) is 22.3 Å². The smallest absolute Gasteiger partial charge is 0.303 e. The fraction of sp³-hybridized carbons (Fsp3) is 0.941. The topological polar surface area (TPSA) is 57.5 Å². The van der Waals surface area contributed by atoms with Gasteiger partial charge >= 0.3 is 5.97 Å². The van der Waals surface area contributed by atoms with E-state index >= 15 is 0 Å². The number of hydrogen-bond donors (Lipinski definition) is 2. The van der Waals surface area contributed by atoms with E-state index in [2.05, 4.69) is 6.92 Å². The molecule has 1 atom stereocenters. The fourth-order valence-electron chi connectivity index (χ4n) is 3.54. The van der Waals surface area contributed by atoms with Gasteiger partial charge in [-0.15, -0.1) is 0 Å². The van der Waals surface area contributed by atoms with Gasteiger partial charge in [0.15, 0.2) is 0 Å². The third-order valence-corrected chi connectivity index (χ3v) is 5.68. The highest BCUT2D eigenvalue weighted by molar-refractivity contribution is 5.68. The maximum Gasteiger partial charge on any atom is 0.303 e. The van der Waals surface area contributed by atoms with Crippen molar-refractivity contribution in [2.45, 2.75) is 90.1 Å². The zero-order valence-electron chi connectivity index (χ0n) is 12.9. The van der Waals surface area contributed by atoms with Gasteiger partial charge in [-0.25, -0.2) is 0 Å². The van der Waals surface area contributed by atoms with E-state index in [9.17, 15) is 9.90 Å². The predicted octanol–water partition coefficient (Wildman–Crippen LogP) is 4.13. The highest BCUT2D eigenvalue weighted by atomic mass is 16.4.